The molecule has 0 bridgehead atoms. The van der Waals surface area contributed by atoms with Gasteiger partial charge in [-0.05, 0) is 23.6 Å². The molecule has 2 N–H and O–H groups in total. The molecule has 0 aliphatic rings. The van der Waals surface area contributed by atoms with Gasteiger partial charge in [-0.3, -0.25) is 4.99 Å². The van der Waals surface area contributed by atoms with Crippen LogP contribution in [0.1, 0.15) is 22.5 Å². The Morgan fingerprint density at radius 3 is 2.44 bits per heavy atom. The summed E-state index contributed by atoms with van der Waals surface area (Å²) < 4.78 is 2.15. The maximum Gasteiger partial charge on any atom is 0.191 e. The Balaban J connectivity index is 0.00000261. The van der Waals surface area contributed by atoms with Crippen molar-refractivity contribution >= 4 is 29.9 Å². The van der Waals surface area contributed by atoms with E-state index < -0.39 is 0 Å². The van der Waals surface area contributed by atoms with Crippen LogP contribution in [0, 0.1) is 6.92 Å². The number of halogens is 1. The van der Waals surface area contributed by atoms with Crippen molar-refractivity contribution in [1.82, 2.24) is 20.2 Å². The molecule has 5 nitrogen and oxygen atoms in total. The normalized spacial score (nSPS) is 11.0. The van der Waals surface area contributed by atoms with Gasteiger partial charge in [0.05, 0.1) is 6.54 Å². The number of nitrogens with zero attached hydrogens (tertiary/aromatic N) is 3. The summed E-state index contributed by atoms with van der Waals surface area (Å²) in [6, 6.07) is 18.8. The van der Waals surface area contributed by atoms with Crippen molar-refractivity contribution in [2.24, 2.45) is 4.99 Å². The smallest absolute Gasteiger partial charge is 0.191 e. The Hall–Kier alpha value is -2.35. The molecule has 1 heterocycles. The molecule has 0 saturated carbocycles. The zero-order valence-corrected chi connectivity index (χ0v) is 18.1. The van der Waals surface area contributed by atoms with Crippen LogP contribution >= 0.6 is 24.0 Å². The zero-order chi connectivity index (χ0) is 18.2. The van der Waals surface area contributed by atoms with Crippen molar-refractivity contribution in [3.8, 4) is 0 Å². The van der Waals surface area contributed by atoms with Gasteiger partial charge in [-0.1, -0.05) is 54.6 Å². The van der Waals surface area contributed by atoms with Gasteiger partial charge in [0.2, 0.25) is 0 Å². The van der Waals surface area contributed by atoms with Crippen molar-refractivity contribution in [3.05, 3.63) is 89.5 Å². The maximum absolute atomic E-state index is 4.47. The summed E-state index contributed by atoms with van der Waals surface area (Å²) in [6.45, 7) is 4.29. The summed E-state index contributed by atoms with van der Waals surface area (Å²) in [5.74, 6) is 1.75. The molecule has 0 unspecified atom stereocenters. The van der Waals surface area contributed by atoms with Crippen LogP contribution in [0.15, 0.2) is 72.0 Å². The topological polar surface area (TPSA) is 54.2 Å². The largest absolute Gasteiger partial charge is 0.352 e. The minimum absolute atomic E-state index is 0. The zero-order valence-electron chi connectivity index (χ0n) is 15.7. The number of aliphatic imine (C=N–C) groups is 1. The van der Waals surface area contributed by atoms with Gasteiger partial charge in [-0.2, -0.15) is 0 Å². The molecule has 3 aromatic rings. The summed E-state index contributed by atoms with van der Waals surface area (Å²) in [5.41, 5.74) is 3.80. The lowest BCUT2D eigenvalue weighted by Gasteiger charge is -2.14. The second-order valence-corrected chi connectivity index (χ2v) is 6.16. The summed E-state index contributed by atoms with van der Waals surface area (Å²) in [5, 5.41) is 6.70. The van der Waals surface area contributed by atoms with Crippen LogP contribution in [0.25, 0.3) is 0 Å². The van der Waals surface area contributed by atoms with Crippen LogP contribution in [-0.2, 0) is 19.6 Å². The number of aryl methyl sites for hydroxylation is 1. The van der Waals surface area contributed by atoms with Crippen molar-refractivity contribution < 1.29 is 0 Å². The Bertz CT molecular complexity index is 858. The molecule has 0 saturated heterocycles. The number of imidazole rings is 1. The lowest BCUT2D eigenvalue weighted by atomic mass is 10.1. The standard InChI is InChI=1S/C21H25N5.HI/c1-17-8-6-7-11-19(17)14-24-21(22-2)25-15-20-23-12-13-26(20)16-18-9-4-3-5-10-18;/h3-13H,14-16H2,1-2H3,(H2,22,24,25);1H. The molecule has 0 spiro atoms. The summed E-state index contributed by atoms with van der Waals surface area (Å²) in [7, 11) is 1.78. The molecule has 0 aliphatic heterocycles. The lowest BCUT2D eigenvalue weighted by Crippen LogP contribution is -2.37. The van der Waals surface area contributed by atoms with E-state index in [9.17, 15) is 0 Å². The van der Waals surface area contributed by atoms with Gasteiger partial charge in [0.25, 0.3) is 0 Å². The fraction of sp³-hybridized carbons (Fsp3) is 0.238. The van der Waals surface area contributed by atoms with Gasteiger partial charge in [0, 0.05) is 32.5 Å². The SMILES string of the molecule is CN=C(NCc1ccccc1C)NCc1nccn1Cc1ccccc1.I. The van der Waals surface area contributed by atoms with E-state index in [4.69, 9.17) is 0 Å². The average Bonchev–Trinajstić information content (AvgIpc) is 3.11. The fourth-order valence-corrected chi connectivity index (χ4v) is 2.80. The first-order chi connectivity index (χ1) is 12.8. The number of guanidine groups is 1. The van der Waals surface area contributed by atoms with Crippen LogP contribution in [0.3, 0.4) is 0 Å². The number of aromatic nitrogens is 2. The molecule has 6 heteroatoms. The Morgan fingerprint density at radius 1 is 1.00 bits per heavy atom. The van der Waals surface area contributed by atoms with Crippen LogP contribution < -0.4 is 10.6 Å². The highest BCUT2D eigenvalue weighted by molar-refractivity contribution is 14.0. The predicted octanol–water partition coefficient (Wildman–Crippen LogP) is 3.72. The van der Waals surface area contributed by atoms with Gasteiger partial charge in [0.1, 0.15) is 5.82 Å². The van der Waals surface area contributed by atoms with E-state index in [2.05, 4.69) is 80.6 Å². The van der Waals surface area contributed by atoms with E-state index in [-0.39, 0.29) is 24.0 Å². The second kappa shape index (κ2) is 10.7. The van der Waals surface area contributed by atoms with E-state index in [1.54, 1.807) is 7.05 Å². The van der Waals surface area contributed by atoms with Gasteiger partial charge in [-0.15, -0.1) is 24.0 Å². The third-order valence-corrected chi connectivity index (χ3v) is 4.34. The quantitative estimate of drug-likeness (QED) is 0.325. The lowest BCUT2D eigenvalue weighted by molar-refractivity contribution is 0.687. The summed E-state index contributed by atoms with van der Waals surface area (Å²) >= 11 is 0. The fourth-order valence-electron chi connectivity index (χ4n) is 2.80. The highest BCUT2D eigenvalue weighted by Crippen LogP contribution is 2.07. The third kappa shape index (κ3) is 6.09. The number of benzene rings is 2. The monoisotopic (exact) mass is 475 g/mol. The molecular formula is C21H26IN5. The Kier molecular flexibility index (Phi) is 8.32. The predicted molar refractivity (Wildman–Crippen MR) is 121 cm³/mol. The third-order valence-electron chi connectivity index (χ3n) is 4.34. The minimum Gasteiger partial charge on any atom is -0.352 e. The number of rotatable bonds is 6. The summed E-state index contributed by atoms with van der Waals surface area (Å²) in [6.07, 6.45) is 3.84. The van der Waals surface area contributed by atoms with Gasteiger partial charge >= 0.3 is 0 Å². The van der Waals surface area contributed by atoms with Crippen LogP contribution in [0.2, 0.25) is 0 Å². The molecular weight excluding hydrogens is 449 g/mol. The van der Waals surface area contributed by atoms with Crippen molar-refractivity contribution in [1.29, 1.82) is 0 Å². The van der Waals surface area contributed by atoms with Gasteiger partial charge in [0.15, 0.2) is 5.96 Å². The first kappa shape index (κ1) is 21.0. The Labute approximate surface area is 178 Å². The summed E-state index contributed by atoms with van der Waals surface area (Å²) in [4.78, 5) is 8.77. The van der Waals surface area contributed by atoms with Gasteiger partial charge < -0.3 is 15.2 Å². The molecule has 0 radical (unpaired) electrons. The second-order valence-electron chi connectivity index (χ2n) is 6.16. The molecule has 2 aromatic carbocycles. The van der Waals surface area contributed by atoms with Crippen molar-refractivity contribution in [3.63, 3.8) is 0 Å². The van der Waals surface area contributed by atoms with E-state index >= 15 is 0 Å². The first-order valence-corrected chi connectivity index (χ1v) is 8.79. The Morgan fingerprint density at radius 2 is 1.70 bits per heavy atom. The van der Waals surface area contributed by atoms with E-state index in [0.717, 1.165) is 24.9 Å². The molecule has 1 aromatic heterocycles. The molecule has 0 atom stereocenters. The highest BCUT2D eigenvalue weighted by Gasteiger charge is 2.06. The van der Waals surface area contributed by atoms with E-state index in [1.165, 1.54) is 16.7 Å². The molecule has 3 rings (SSSR count). The molecule has 142 valence electrons. The van der Waals surface area contributed by atoms with Crippen LogP contribution in [0.4, 0.5) is 0 Å². The number of nitrogens with one attached hydrogen (secondary N) is 2. The van der Waals surface area contributed by atoms with Crippen molar-refractivity contribution in [2.45, 2.75) is 26.6 Å². The molecule has 27 heavy (non-hydrogen) atoms. The number of hydrogen-bond donors (Lipinski definition) is 2. The number of hydrogen-bond acceptors (Lipinski definition) is 2. The molecule has 0 fully saturated rings. The van der Waals surface area contributed by atoms with E-state index in [0.29, 0.717) is 6.54 Å². The molecule has 0 amide bonds. The van der Waals surface area contributed by atoms with E-state index in [1.807, 2.05) is 18.5 Å². The van der Waals surface area contributed by atoms with Crippen LogP contribution in [0.5, 0.6) is 0 Å². The van der Waals surface area contributed by atoms with Crippen LogP contribution in [-0.4, -0.2) is 22.6 Å². The minimum atomic E-state index is 0. The first-order valence-electron chi connectivity index (χ1n) is 8.79. The highest BCUT2D eigenvalue weighted by atomic mass is 127. The van der Waals surface area contributed by atoms with Crippen molar-refractivity contribution in [2.75, 3.05) is 7.05 Å². The average molecular weight is 475 g/mol. The maximum atomic E-state index is 4.47. The van der Waals surface area contributed by atoms with Gasteiger partial charge in [-0.25, -0.2) is 4.98 Å². The molecule has 0 aliphatic carbocycles.